The van der Waals surface area contributed by atoms with Crippen molar-refractivity contribution in [3.8, 4) is 5.88 Å². The Bertz CT molecular complexity index is 577. The third kappa shape index (κ3) is 3.37. The van der Waals surface area contributed by atoms with E-state index in [4.69, 9.17) is 9.47 Å². The van der Waals surface area contributed by atoms with E-state index in [-0.39, 0.29) is 6.10 Å². The van der Waals surface area contributed by atoms with Crippen molar-refractivity contribution in [2.24, 2.45) is 0 Å². The number of methoxy groups -OCH3 is 1. The van der Waals surface area contributed by atoms with Crippen molar-refractivity contribution in [3.63, 3.8) is 0 Å². The predicted octanol–water partition coefficient (Wildman–Crippen LogP) is 2.06. The summed E-state index contributed by atoms with van der Waals surface area (Å²) in [5.74, 6) is 0.646. The molecule has 0 N–H and O–H groups in total. The van der Waals surface area contributed by atoms with Gasteiger partial charge in [0.1, 0.15) is 6.33 Å². The fourth-order valence-electron chi connectivity index (χ4n) is 2.60. The van der Waals surface area contributed by atoms with E-state index >= 15 is 0 Å². The lowest BCUT2D eigenvalue weighted by Crippen LogP contribution is -2.37. The quantitative estimate of drug-likeness (QED) is 0.860. The van der Waals surface area contributed by atoms with E-state index in [1.807, 2.05) is 24.4 Å². The van der Waals surface area contributed by atoms with Gasteiger partial charge < -0.3 is 9.47 Å². The summed E-state index contributed by atoms with van der Waals surface area (Å²) in [5.41, 5.74) is 2.23. The molecule has 2 heterocycles. The van der Waals surface area contributed by atoms with Crippen molar-refractivity contribution in [3.05, 3.63) is 54.0 Å². The Morgan fingerprint density at radius 3 is 3.00 bits per heavy atom. The summed E-state index contributed by atoms with van der Waals surface area (Å²) in [6.45, 7) is 3.27. The zero-order chi connectivity index (χ0) is 14.5. The summed E-state index contributed by atoms with van der Waals surface area (Å²) in [6, 6.07) is 10.3. The topological polar surface area (TPSA) is 47.5 Å². The van der Waals surface area contributed by atoms with Gasteiger partial charge in [-0.15, -0.1) is 0 Å². The van der Waals surface area contributed by atoms with E-state index in [1.54, 1.807) is 7.11 Å². The largest absolute Gasteiger partial charge is 0.481 e. The average molecular weight is 285 g/mol. The molecule has 0 bridgehead atoms. The molecular weight excluding hydrogens is 266 g/mol. The number of hydrogen-bond donors (Lipinski definition) is 0. The van der Waals surface area contributed by atoms with E-state index in [9.17, 15) is 0 Å². The minimum absolute atomic E-state index is 0.121. The second-order valence-electron chi connectivity index (χ2n) is 5.06. The third-order valence-electron chi connectivity index (χ3n) is 3.66. The molecule has 5 heteroatoms. The Hall–Kier alpha value is -1.98. The van der Waals surface area contributed by atoms with E-state index < -0.39 is 0 Å². The lowest BCUT2D eigenvalue weighted by atomic mass is 10.1. The van der Waals surface area contributed by atoms with Crippen LogP contribution in [0.4, 0.5) is 0 Å². The molecule has 1 fully saturated rings. The van der Waals surface area contributed by atoms with Crippen LogP contribution in [0.25, 0.3) is 0 Å². The van der Waals surface area contributed by atoms with Crippen LogP contribution >= 0.6 is 0 Å². The van der Waals surface area contributed by atoms with Crippen LogP contribution in [0.15, 0.2) is 42.9 Å². The fourth-order valence-corrected chi connectivity index (χ4v) is 2.60. The maximum absolute atomic E-state index is 5.88. The molecule has 0 saturated carbocycles. The highest BCUT2D eigenvalue weighted by atomic mass is 16.5. The van der Waals surface area contributed by atoms with Gasteiger partial charge in [-0.2, -0.15) is 0 Å². The van der Waals surface area contributed by atoms with Crippen molar-refractivity contribution < 1.29 is 9.47 Å². The highest BCUT2D eigenvalue weighted by Crippen LogP contribution is 2.24. The first kappa shape index (κ1) is 14.0. The summed E-state index contributed by atoms with van der Waals surface area (Å²) in [4.78, 5) is 10.6. The van der Waals surface area contributed by atoms with Gasteiger partial charge in [-0.25, -0.2) is 9.97 Å². The van der Waals surface area contributed by atoms with Gasteiger partial charge in [0.25, 0.3) is 0 Å². The number of hydrogen-bond acceptors (Lipinski definition) is 5. The lowest BCUT2D eigenvalue weighted by Gasteiger charge is -2.33. The molecule has 1 saturated heterocycles. The number of ether oxygens (including phenoxy) is 2. The number of rotatable bonds is 4. The lowest BCUT2D eigenvalue weighted by molar-refractivity contribution is -0.0331. The zero-order valence-electron chi connectivity index (χ0n) is 12.1. The number of morpholine rings is 1. The highest BCUT2D eigenvalue weighted by molar-refractivity contribution is 5.22. The van der Waals surface area contributed by atoms with E-state index in [0.717, 1.165) is 31.8 Å². The van der Waals surface area contributed by atoms with Crippen LogP contribution in [0.1, 0.15) is 17.2 Å². The average Bonchev–Trinajstić information content (AvgIpc) is 2.56. The van der Waals surface area contributed by atoms with Crippen molar-refractivity contribution in [1.29, 1.82) is 0 Å². The SMILES string of the molecule is COc1ncncc1CN1CCOC(c2ccccc2)C1. The van der Waals surface area contributed by atoms with Gasteiger partial charge in [-0.3, -0.25) is 4.90 Å². The molecule has 1 atom stereocenters. The molecule has 0 aliphatic carbocycles. The van der Waals surface area contributed by atoms with Gasteiger partial charge in [0.2, 0.25) is 5.88 Å². The molecule has 2 aromatic rings. The van der Waals surface area contributed by atoms with Crippen molar-refractivity contribution in [2.75, 3.05) is 26.8 Å². The molecule has 1 aromatic carbocycles. The molecule has 1 unspecified atom stereocenters. The smallest absolute Gasteiger partial charge is 0.220 e. The zero-order valence-corrected chi connectivity index (χ0v) is 12.1. The predicted molar refractivity (Wildman–Crippen MR) is 79.0 cm³/mol. The van der Waals surface area contributed by atoms with Crippen LogP contribution < -0.4 is 4.74 Å². The summed E-state index contributed by atoms with van der Waals surface area (Å²) in [7, 11) is 1.64. The van der Waals surface area contributed by atoms with E-state index in [1.165, 1.54) is 11.9 Å². The maximum atomic E-state index is 5.88. The molecule has 0 radical (unpaired) electrons. The standard InChI is InChI=1S/C16H19N3O2/c1-20-16-14(9-17-12-18-16)10-19-7-8-21-15(11-19)13-5-3-2-4-6-13/h2-6,9,12,15H,7-8,10-11H2,1H3. The Labute approximate surface area is 124 Å². The van der Waals surface area contributed by atoms with Crippen LogP contribution in [0.2, 0.25) is 0 Å². The Morgan fingerprint density at radius 2 is 2.19 bits per heavy atom. The summed E-state index contributed by atoms with van der Waals surface area (Å²) in [6.07, 6.45) is 3.45. The molecule has 0 amide bonds. The molecule has 1 aliphatic rings. The Balaban J connectivity index is 1.69. The van der Waals surface area contributed by atoms with E-state index in [0.29, 0.717) is 5.88 Å². The Morgan fingerprint density at radius 1 is 1.33 bits per heavy atom. The van der Waals surface area contributed by atoms with Crippen molar-refractivity contribution in [2.45, 2.75) is 12.6 Å². The summed E-state index contributed by atoms with van der Waals surface area (Å²) >= 11 is 0. The van der Waals surface area contributed by atoms with E-state index in [2.05, 4.69) is 27.0 Å². The van der Waals surface area contributed by atoms with Crippen molar-refractivity contribution in [1.82, 2.24) is 14.9 Å². The van der Waals surface area contributed by atoms with Crippen LogP contribution in [0, 0.1) is 0 Å². The number of nitrogens with zero attached hydrogens (tertiary/aromatic N) is 3. The van der Waals surface area contributed by atoms with Crippen LogP contribution in [-0.2, 0) is 11.3 Å². The second kappa shape index (κ2) is 6.65. The van der Waals surface area contributed by atoms with Crippen LogP contribution in [0.5, 0.6) is 5.88 Å². The first-order valence-corrected chi connectivity index (χ1v) is 7.08. The number of aromatic nitrogens is 2. The molecule has 1 aromatic heterocycles. The first-order chi connectivity index (χ1) is 10.4. The molecule has 0 spiro atoms. The fraction of sp³-hybridized carbons (Fsp3) is 0.375. The molecule has 3 rings (SSSR count). The second-order valence-corrected chi connectivity index (χ2v) is 5.06. The molecular formula is C16H19N3O2. The minimum atomic E-state index is 0.121. The van der Waals surface area contributed by atoms with Gasteiger partial charge >= 0.3 is 0 Å². The normalized spacial score (nSPS) is 19.4. The van der Waals surface area contributed by atoms with Gasteiger partial charge in [-0.1, -0.05) is 30.3 Å². The molecule has 110 valence electrons. The summed E-state index contributed by atoms with van der Waals surface area (Å²) < 4.78 is 11.2. The monoisotopic (exact) mass is 285 g/mol. The Kier molecular flexibility index (Phi) is 4.43. The molecule has 1 aliphatic heterocycles. The van der Waals surface area contributed by atoms with Gasteiger partial charge in [0.05, 0.1) is 19.8 Å². The highest BCUT2D eigenvalue weighted by Gasteiger charge is 2.22. The number of benzene rings is 1. The maximum Gasteiger partial charge on any atom is 0.220 e. The van der Waals surface area contributed by atoms with Crippen LogP contribution in [-0.4, -0.2) is 41.7 Å². The molecule has 5 nitrogen and oxygen atoms in total. The third-order valence-corrected chi connectivity index (χ3v) is 3.66. The van der Waals surface area contributed by atoms with Crippen LogP contribution in [0.3, 0.4) is 0 Å². The van der Waals surface area contributed by atoms with Gasteiger partial charge in [-0.05, 0) is 5.56 Å². The van der Waals surface area contributed by atoms with Crippen molar-refractivity contribution >= 4 is 0 Å². The minimum Gasteiger partial charge on any atom is -0.481 e. The van der Waals surface area contributed by atoms with Gasteiger partial charge in [0, 0.05) is 31.4 Å². The van der Waals surface area contributed by atoms with Gasteiger partial charge in [0.15, 0.2) is 0 Å². The summed E-state index contributed by atoms with van der Waals surface area (Å²) in [5, 5.41) is 0. The molecule has 21 heavy (non-hydrogen) atoms. The first-order valence-electron chi connectivity index (χ1n) is 7.08.